The second-order valence-electron chi connectivity index (χ2n) is 16.5. The molecule has 0 radical (unpaired) electrons. The zero-order chi connectivity index (χ0) is 46.0. The Morgan fingerprint density at radius 2 is 1.57 bits per heavy atom. The Morgan fingerprint density at radius 1 is 0.905 bits per heavy atom. The van der Waals surface area contributed by atoms with Crippen molar-refractivity contribution < 1.29 is 48.2 Å². The summed E-state index contributed by atoms with van der Waals surface area (Å²) in [4.78, 5) is 103. The molecule has 2 atom stereocenters. The minimum atomic E-state index is -1.11. The van der Waals surface area contributed by atoms with Gasteiger partial charge in [0.05, 0.1) is 29.7 Å². The zero-order valence-corrected chi connectivity index (χ0v) is 36.6. The highest BCUT2D eigenvalue weighted by atomic mass is 16.7. The Balaban J connectivity index is 1.07. The van der Waals surface area contributed by atoms with Crippen molar-refractivity contribution in [1.29, 1.82) is 0 Å². The number of nitrogens with one attached hydrogen (secondary N) is 3. The number of ether oxygens (including phenoxy) is 1. The molecule has 2 aromatic carbocycles. The average molecular weight is 872 g/mol. The molecule has 6 N–H and O–H groups in total. The number of unbranched alkanes of at least 4 members (excludes halogenated alkanes) is 2. The zero-order valence-electron chi connectivity index (χ0n) is 36.6. The molecule has 63 heavy (non-hydrogen) atoms. The molecule has 0 saturated carbocycles. The van der Waals surface area contributed by atoms with Crippen LogP contribution in [0.2, 0.25) is 0 Å². The van der Waals surface area contributed by atoms with Crippen molar-refractivity contribution in [1.82, 2.24) is 35.1 Å². The van der Waals surface area contributed by atoms with E-state index in [1.807, 2.05) is 35.8 Å². The molecule has 4 aromatic rings. The van der Waals surface area contributed by atoms with Gasteiger partial charge in [0, 0.05) is 43.3 Å². The quantitative estimate of drug-likeness (QED) is 0.0616. The minimum absolute atomic E-state index is 0.0112. The van der Waals surface area contributed by atoms with Crippen molar-refractivity contribution in [2.45, 2.75) is 124 Å². The number of imidazole rings is 1. The Morgan fingerprint density at radius 3 is 2.22 bits per heavy atom. The number of pyridine rings is 1. The summed E-state index contributed by atoms with van der Waals surface area (Å²) < 4.78 is 7.53. The fourth-order valence-corrected chi connectivity index (χ4v) is 6.92. The first-order valence-corrected chi connectivity index (χ1v) is 21.1. The van der Waals surface area contributed by atoms with Gasteiger partial charge in [-0.1, -0.05) is 50.6 Å². The Kier molecular flexibility index (Phi) is 15.8. The third kappa shape index (κ3) is 12.7. The number of nitrogen functional groups attached to an aromatic ring is 1. The third-order valence-corrected chi connectivity index (χ3v) is 10.3. The van der Waals surface area contributed by atoms with E-state index >= 15 is 0 Å². The van der Waals surface area contributed by atoms with Crippen molar-refractivity contribution >= 4 is 75.0 Å². The fraction of sp³-hybridized carbons (Fsp3) is 0.477. The van der Waals surface area contributed by atoms with Crippen LogP contribution in [0.5, 0.6) is 0 Å². The van der Waals surface area contributed by atoms with Crippen molar-refractivity contribution in [3.05, 3.63) is 59.9 Å². The molecule has 0 aliphatic carbocycles. The smallest absolute Gasteiger partial charge is 0.410 e. The van der Waals surface area contributed by atoms with Crippen molar-refractivity contribution in [2.75, 3.05) is 17.6 Å². The van der Waals surface area contributed by atoms with Gasteiger partial charge in [-0.05, 0) is 70.2 Å². The van der Waals surface area contributed by atoms with Gasteiger partial charge in [-0.3, -0.25) is 24.0 Å². The summed E-state index contributed by atoms with van der Waals surface area (Å²) >= 11 is 0. The highest BCUT2D eigenvalue weighted by molar-refractivity contribution is 6.06. The molecule has 5 rings (SSSR count). The Hall–Kier alpha value is -6.63. The number of aliphatic hydroxyl groups is 1. The van der Waals surface area contributed by atoms with Crippen molar-refractivity contribution in [3.8, 4) is 0 Å². The number of imide groups is 1. The lowest BCUT2D eigenvalue weighted by atomic mass is 10.0. The number of carbonyl (C=O) groups is 7. The lowest BCUT2D eigenvalue weighted by Gasteiger charge is -2.24. The SMILES string of the molecule is CCN(Cc1nc2c(N)nc3ccccc3c2n1CC(C)(C)O)C(=O)OCc1ccc(NC(=O)C(C)NC(=O)C(NC(=O)CCCCCC(=O)ON2C(=O)CCC2=O)C(C)C)cc1. The van der Waals surface area contributed by atoms with E-state index in [1.165, 1.54) is 11.8 Å². The standard InChI is InChI=1S/C44H57N9O10/c1-7-51(23-32-49-38-39(52(32)25-44(5,6)61)30-13-11-12-14-31(30)48-40(38)45)43(60)62-24-28-17-19-29(20-18-28)47-41(58)27(4)46-42(59)37(26(2)3)50-33(54)15-9-8-10-16-36(57)63-53-34(55)21-22-35(53)56/h11-14,17-20,26-27,37,61H,7-10,15-16,21-25H2,1-6H3,(H2,45,48)(H,46,59)(H,47,58)(H,50,54). The summed E-state index contributed by atoms with van der Waals surface area (Å²) in [7, 11) is 0. The number of hydroxylamine groups is 2. The first-order valence-electron chi connectivity index (χ1n) is 21.1. The van der Waals surface area contributed by atoms with Crippen LogP contribution in [-0.2, 0) is 58.0 Å². The Labute approximate surface area is 365 Å². The van der Waals surface area contributed by atoms with Gasteiger partial charge >= 0.3 is 12.1 Å². The number of amides is 6. The predicted molar refractivity (Wildman–Crippen MR) is 232 cm³/mol. The van der Waals surface area contributed by atoms with E-state index in [4.69, 9.17) is 20.3 Å². The van der Waals surface area contributed by atoms with Crippen LogP contribution in [0.25, 0.3) is 21.9 Å². The molecule has 0 spiro atoms. The van der Waals surface area contributed by atoms with Crippen LogP contribution in [0.15, 0.2) is 48.5 Å². The van der Waals surface area contributed by atoms with E-state index in [9.17, 15) is 38.7 Å². The molecule has 19 heteroatoms. The highest BCUT2D eigenvalue weighted by Gasteiger charge is 2.33. The second-order valence-corrected chi connectivity index (χ2v) is 16.5. The van der Waals surface area contributed by atoms with E-state index in [1.54, 1.807) is 52.0 Å². The van der Waals surface area contributed by atoms with E-state index in [2.05, 4.69) is 20.9 Å². The molecule has 1 saturated heterocycles. The van der Waals surface area contributed by atoms with Crippen LogP contribution in [0, 0.1) is 5.92 Å². The van der Waals surface area contributed by atoms with Crippen molar-refractivity contribution in [3.63, 3.8) is 0 Å². The molecular formula is C44H57N9O10. The number of nitrogens with two attached hydrogens (primary N) is 1. The molecule has 1 aliphatic heterocycles. The molecule has 1 aliphatic rings. The van der Waals surface area contributed by atoms with Gasteiger partial charge in [0.2, 0.25) is 17.7 Å². The molecule has 6 amide bonds. The lowest BCUT2D eigenvalue weighted by molar-refractivity contribution is -0.197. The number of nitrogens with zero attached hydrogens (tertiary/aromatic N) is 5. The third-order valence-electron chi connectivity index (χ3n) is 10.3. The van der Waals surface area contributed by atoms with Gasteiger partial charge in [-0.2, -0.15) is 0 Å². The summed E-state index contributed by atoms with van der Waals surface area (Å²) in [5.41, 5.74) is 8.19. The normalized spacial score (nSPS) is 13.9. The van der Waals surface area contributed by atoms with Crippen LogP contribution < -0.4 is 21.7 Å². The molecule has 1 fully saturated rings. The molecule has 0 bridgehead atoms. The van der Waals surface area contributed by atoms with E-state index in [0.29, 0.717) is 64.5 Å². The van der Waals surface area contributed by atoms with Gasteiger partial charge in [-0.15, -0.1) is 5.06 Å². The maximum atomic E-state index is 13.4. The maximum Gasteiger partial charge on any atom is 0.410 e. The summed E-state index contributed by atoms with van der Waals surface area (Å²) in [5, 5.41) is 20.3. The summed E-state index contributed by atoms with van der Waals surface area (Å²) in [5.74, 6) is -2.74. The van der Waals surface area contributed by atoms with E-state index < -0.39 is 53.4 Å². The second kappa shape index (κ2) is 21.0. The van der Waals surface area contributed by atoms with Crippen LogP contribution in [0.1, 0.15) is 97.9 Å². The minimum Gasteiger partial charge on any atom is -0.445 e. The summed E-state index contributed by atoms with van der Waals surface area (Å²) in [6, 6.07) is 12.3. The molecule has 19 nitrogen and oxygen atoms in total. The number of hydrogen-bond acceptors (Lipinski definition) is 13. The summed E-state index contributed by atoms with van der Waals surface area (Å²) in [6.45, 7) is 10.8. The number of benzene rings is 2. The molecule has 3 heterocycles. The van der Waals surface area contributed by atoms with Crippen LogP contribution in [-0.4, -0.2) is 95.4 Å². The number of anilines is 2. The van der Waals surface area contributed by atoms with Crippen molar-refractivity contribution in [2.24, 2.45) is 5.92 Å². The largest absolute Gasteiger partial charge is 0.445 e. The van der Waals surface area contributed by atoms with Gasteiger partial charge in [0.1, 0.15) is 30.0 Å². The number of para-hydroxylation sites is 1. The molecule has 2 aromatic heterocycles. The number of aromatic nitrogens is 3. The first kappa shape index (κ1) is 47.4. The fourth-order valence-electron chi connectivity index (χ4n) is 6.92. The maximum absolute atomic E-state index is 13.4. The molecule has 2 unspecified atom stereocenters. The number of carbonyl (C=O) groups excluding carboxylic acids is 7. The van der Waals surface area contributed by atoms with Gasteiger partial charge in [-0.25, -0.2) is 19.6 Å². The van der Waals surface area contributed by atoms with E-state index in [0.717, 1.165) is 5.39 Å². The molecular weight excluding hydrogens is 815 g/mol. The van der Waals surface area contributed by atoms with Gasteiger partial charge in [0.25, 0.3) is 11.8 Å². The topological polar surface area (TPSA) is 257 Å². The van der Waals surface area contributed by atoms with Crippen LogP contribution in [0.4, 0.5) is 16.3 Å². The lowest BCUT2D eigenvalue weighted by Crippen LogP contribution is -2.53. The number of fused-ring (bicyclic) bond motifs is 3. The summed E-state index contributed by atoms with van der Waals surface area (Å²) in [6.07, 6.45) is 0.801. The highest BCUT2D eigenvalue weighted by Crippen LogP contribution is 2.30. The van der Waals surface area contributed by atoms with Crippen LogP contribution >= 0.6 is 0 Å². The number of rotatable bonds is 20. The molecule has 338 valence electrons. The van der Waals surface area contributed by atoms with Crippen LogP contribution in [0.3, 0.4) is 0 Å². The monoisotopic (exact) mass is 871 g/mol. The van der Waals surface area contributed by atoms with Gasteiger partial charge in [0.15, 0.2) is 5.82 Å². The number of hydrogen-bond donors (Lipinski definition) is 5. The predicted octanol–water partition coefficient (Wildman–Crippen LogP) is 4.24. The van der Waals surface area contributed by atoms with Gasteiger partial charge < -0.3 is 45.8 Å². The average Bonchev–Trinajstić information content (AvgIpc) is 3.74. The first-order chi connectivity index (χ1) is 29.8. The Bertz CT molecular complexity index is 2320. The van der Waals surface area contributed by atoms with E-state index in [-0.39, 0.29) is 63.0 Å².